The van der Waals surface area contributed by atoms with Crippen LogP contribution in [0, 0.1) is 10.1 Å². The van der Waals surface area contributed by atoms with Crippen LogP contribution in [0.3, 0.4) is 0 Å². The van der Waals surface area contributed by atoms with E-state index >= 15 is 0 Å². The van der Waals surface area contributed by atoms with Crippen molar-refractivity contribution >= 4 is 17.3 Å². The summed E-state index contributed by atoms with van der Waals surface area (Å²) in [5.74, 6) is 0. The van der Waals surface area contributed by atoms with Crippen molar-refractivity contribution in [1.29, 1.82) is 0 Å². The molecule has 1 aromatic carbocycles. The summed E-state index contributed by atoms with van der Waals surface area (Å²) in [6.45, 7) is 0.572. The highest BCUT2D eigenvalue weighted by molar-refractivity contribution is 6.32. The number of nitro benzene ring substituents is 1. The van der Waals surface area contributed by atoms with Crippen LogP contribution in [0.25, 0.3) is 0 Å². The molecule has 2 rings (SSSR count). The summed E-state index contributed by atoms with van der Waals surface area (Å²) < 4.78 is 4.98. The molecular formula is C9H9ClN2O3. The van der Waals surface area contributed by atoms with Gasteiger partial charge in [-0.3, -0.25) is 10.1 Å². The second-order valence-corrected chi connectivity index (χ2v) is 3.95. The van der Waals surface area contributed by atoms with Gasteiger partial charge < -0.3 is 10.5 Å². The van der Waals surface area contributed by atoms with Crippen LogP contribution in [-0.4, -0.2) is 18.1 Å². The van der Waals surface area contributed by atoms with E-state index < -0.39 is 10.5 Å². The molecule has 1 aliphatic heterocycles. The third-order valence-corrected chi connectivity index (χ3v) is 2.73. The van der Waals surface area contributed by atoms with E-state index in [1.807, 2.05) is 0 Å². The summed E-state index contributed by atoms with van der Waals surface area (Å²) >= 11 is 5.77. The van der Waals surface area contributed by atoms with Gasteiger partial charge in [-0.2, -0.15) is 0 Å². The van der Waals surface area contributed by atoms with Gasteiger partial charge in [0, 0.05) is 0 Å². The van der Waals surface area contributed by atoms with Crippen LogP contribution in [0.1, 0.15) is 5.56 Å². The summed E-state index contributed by atoms with van der Waals surface area (Å²) in [7, 11) is 0. The molecule has 1 aliphatic rings. The number of hydrogen-bond acceptors (Lipinski definition) is 4. The van der Waals surface area contributed by atoms with Gasteiger partial charge in [-0.15, -0.1) is 0 Å². The van der Waals surface area contributed by atoms with Crippen LogP contribution in [0.5, 0.6) is 0 Å². The van der Waals surface area contributed by atoms with Gasteiger partial charge in [0.25, 0.3) is 5.69 Å². The van der Waals surface area contributed by atoms with Crippen molar-refractivity contribution in [3.63, 3.8) is 0 Å². The van der Waals surface area contributed by atoms with E-state index in [0.717, 1.165) is 0 Å². The van der Waals surface area contributed by atoms with Crippen molar-refractivity contribution in [2.24, 2.45) is 5.73 Å². The Balaban J connectivity index is 2.55. The van der Waals surface area contributed by atoms with Crippen molar-refractivity contribution in [2.45, 2.75) is 5.54 Å². The van der Waals surface area contributed by atoms with Crippen LogP contribution < -0.4 is 5.73 Å². The molecule has 0 aliphatic carbocycles. The zero-order valence-corrected chi connectivity index (χ0v) is 8.53. The van der Waals surface area contributed by atoms with Crippen LogP contribution in [0.4, 0.5) is 5.69 Å². The maximum absolute atomic E-state index is 10.9. The Morgan fingerprint density at radius 2 is 2.20 bits per heavy atom. The smallest absolute Gasteiger partial charge is 0.293 e. The molecule has 0 bridgehead atoms. The fourth-order valence-corrected chi connectivity index (χ4v) is 1.82. The summed E-state index contributed by atoms with van der Waals surface area (Å²) in [5, 5.41) is 11.0. The molecule has 0 unspecified atom stereocenters. The maximum Gasteiger partial charge on any atom is 0.293 e. The molecule has 0 spiro atoms. The average molecular weight is 229 g/mol. The first-order chi connectivity index (χ1) is 7.04. The minimum Gasteiger partial charge on any atom is -0.377 e. The van der Waals surface area contributed by atoms with E-state index in [0.29, 0.717) is 5.56 Å². The van der Waals surface area contributed by atoms with Crippen molar-refractivity contribution in [3.8, 4) is 0 Å². The maximum atomic E-state index is 10.9. The van der Waals surface area contributed by atoms with Gasteiger partial charge in [0.15, 0.2) is 0 Å². The molecule has 80 valence electrons. The van der Waals surface area contributed by atoms with Crippen LogP contribution in [0.2, 0.25) is 5.02 Å². The minimum atomic E-state index is -0.771. The van der Waals surface area contributed by atoms with E-state index in [9.17, 15) is 10.1 Å². The molecule has 0 saturated carbocycles. The zero-order chi connectivity index (χ0) is 11.1. The molecule has 1 saturated heterocycles. The van der Waals surface area contributed by atoms with E-state index in [1.165, 1.54) is 6.07 Å². The van der Waals surface area contributed by atoms with Crippen molar-refractivity contribution < 1.29 is 9.66 Å². The Kier molecular flexibility index (Phi) is 2.38. The molecule has 6 heteroatoms. The number of benzene rings is 1. The zero-order valence-electron chi connectivity index (χ0n) is 7.77. The summed E-state index contributed by atoms with van der Waals surface area (Å²) in [4.78, 5) is 10.3. The normalized spacial score (nSPS) is 18.3. The average Bonchev–Trinajstić information content (AvgIpc) is 2.13. The second-order valence-electron chi connectivity index (χ2n) is 3.54. The van der Waals surface area contributed by atoms with Crippen LogP contribution in [-0.2, 0) is 10.3 Å². The fourth-order valence-electron chi connectivity index (χ4n) is 1.58. The highest BCUT2D eigenvalue weighted by Crippen LogP contribution is 2.37. The summed E-state index contributed by atoms with van der Waals surface area (Å²) in [5.41, 5.74) is 5.49. The van der Waals surface area contributed by atoms with Gasteiger partial charge in [0.1, 0.15) is 5.02 Å². The van der Waals surface area contributed by atoms with Crippen molar-refractivity contribution in [1.82, 2.24) is 0 Å². The largest absolute Gasteiger partial charge is 0.377 e. The number of nitro groups is 1. The Bertz CT molecular complexity index is 418. The second kappa shape index (κ2) is 3.44. The van der Waals surface area contributed by atoms with Crippen molar-refractivity contribution in [2.75, 3.05) is 13.2 Å². The standard InChI is InChI=1S/C9H9ClN2O3/c10-7-3-1-2-6(8(7)12(13)14)9(11)4-15-5-9/h1-3H,4-5,11H2. The molecule has 1 fully saturated rings. The molecule has 15 heavy (non-hydrogen) atoms. The molecule has 1 aromatic rings. The van der Waals surface area contributed by atoms with Gasteiger partial charge in [-0.1, -0.05) is 17.7 Å². The number of para-hydroxylation sites is 1. The first kappa shape index (κ1) is 10.4. The summed E-state index contributed by atoms with van der Waals surface area (Å²) in [6, 6.07) is 4.75. The third-order valence-electron chi connectivity index (χ3n) is 2.43. The number of halogens is 1. The molecule has 1 heterocycles. The predicted molar refractivity (Wildman–Crippen MR) is 54.8 cm³/mol. The topological polar surface area (TPSA) is 78.4 Å². The lowest BCUT2D eigenvalue weighted by Gasteiger charge is -2.37. The Morgan fingerprint density at radius 3 is 2.67 bits per heavy atom. The lowest BCUT2D eigenvalue weighted by atomic mass is 9.88. The van der Waals surface area contributed by atoms with Crippen LogP contribution in [0.15, 0.2) is 18.2 Å². The highest BCUT2D eigenvalue weighted by Gasteiger charge is 2.41. The van der Waals surface area contributed by atoms with Crippen molar-refractivity contribution in [3.05, 3.63) is 38.9 Å². The number of nitrogens with two attached hydrogens (primary N) is 1. The van der Waals surface area contributed by atoms with E-state index in [1.54, 1.807) is 12.1 Å². The minimum absolute atomic E-state index is 0.106. The van der Waals surface area contributed by atoms with Gasteiger partial charge >= 0.3 is 0 Å². The summed E-state index contributed by atoms with van der Waals surface area (Å²) in [6.07, 6.45) is 0. The Morgan fingerprint density at radius 1 is 1.53 bits per heavy atom. The molecule has 0 radical (unpaired) electrons. The predicted octanol–water partition coefficient (Wildman–Crippen LogP) is 1.43. The highest BCUT2D eigenvalue weighted by atomic mass is 35.5. The van der Waals surface area contributed by atoms with Gasteiger partial charge in [0.05, 0.1) is 29.2 Å². The van der Waals surface area contributed by atoms with Crippen LogP contribution >= 0.6 is 11.6 Å². The molecular weight excluding hydrogens is 220 g/mol. The number of rotatable bonds is 2. The van der Waals surface area contributed by atoms with E-state index in [4.69, 9.17) is 22.1 Å². The van der Waals surface area contributed by atoms with E-state index in [2.05, 4.69) is 0 Å². The molecule has 0 aromatic heterocycles. The molecule has 0 atom stereocenters. The number of nitrogens with zero attached hydrogens (tertiary/aromatic N) is 1. The van der Waals surface area contributed by atoms with Gasteiger partial charge in [-0.25, -0.2) is 0 Å². The molecule has 2 N–H and O–H groups in total. The first-order valence-corrected chi connectivity index (χ1v) is 4.72. The van der Waals surface area contributed by atoms with E-state index in [-0.39, 0.29) is 23.9 Å². The lowest BCUT2D eigenvalue weighted by molar-refractivity contribution is -0.386. The fraction of sp³-hybridized carbons (Fsp3) is 0.333. The Labute approximate surface area is 90.9 Å². The number of hydrogen-bond donors (Lipinski definition) is 1. The first-order valence-electron chi connectivity index (χ1n) is 4.34. The van der Waals surface area contributed by atoms with Gasteiger partial charge in [-0.05, 0) is 12.1 Å². The third kappa shape index (κ3) is 1.58. The molecule has 0 amide bonds. The lowest BCUT2D eigenvalue weighted by Crippen LogP contribution is -2.54. The monoisotopic (exact) mass is 228 g/mol. The number of ether oxygens (including phenoxy) is 1. The van der Waals surface area contributed by atoms with Gasteiger partial charge in [0.2, 0.25) is 0 Å². The Hall–Kier alpha value is -1.17. The molecule has 5 nitrogen and oxygen atoms in total. The SMILES string of the molecule is NC1(c2cccc(Cl)c2[N+](=O)[O-])COC1. The quantitative estimate of drug-likeness (QED) is 0.614.